The van der Waals surface area contributed by atoms with Crippen molar-refractivity contribution in [3.63, 3.8) is 0 Å². The van der Waals surface area contributed by atoms with Crippen LogP contribution in [0.15, 0.2) is 18.3 Å². The quantitative estimate of drug-likeness (QED) is 0.900. The van der Waals surface area contributed by atoms with Crippen LogP contribution in [-0.4, -0.2) is 42.2 Å². The van der Waals surface area contributed by atoms with Gasteiger partial charge in [0, 0.05) is 44.0 Å². The maximum Gasteiger partial charge on any atom is 0.213 e. The topological polar surface area (TPSA) is 37.4 Å². The molecule has 2 atom stereocenters. The second kappa shape index (κ2) is 6.35. The van der Waals surface area contributed by atoms with Crippen molar-refractivity contribution in [2.45, 2.75) is 39.4 Å². The lowest BCUT2D eigenvalue weighted by molar-refractivity contribution is 0.0955. The summed E-state index contributed by atoms with van der Waals surface area (Å²) in [5.74, 6) is 1.35. The van der Waals surface area contributed by atoms with Crippen LogP contribution >= 0.6 is 0 Å². The van der Waals surface area contributed by atoms with Crippen LogP contribution in [0.2, 0.25) is 0 Å². The zero-order chi connectivity index (χ0) is 13.8. The van der Waals surface area contributed by atoms with Gasteiger partial charge in [-0.05, 0) is 24.5 Å². The minimum absolute atomic E-state index is 0.554. The van der Waals surface area contributed by atoms with Crippen molar-refractivity contribution in [3.8, 4) is 5.88 Å². The summed E-state index contributed by atoms with van der Waals surface area (Å²) in [6, 6.07) is 5.26. The van der Waals surface area contributed by atoms with Gasteiger partial charge in [-0.1, -0.05) is 13.8 Å². The standard InChI is InChI=1S/C15H25N3O/c1-11(2)14-8-17-12(3)9-18(14)10-13-5-6-16-15(7-13)19-4/h5-7,11-12,14,17H,8-10H2,1-4H3. The van der Waals surface area contributed by atoms with Gasteiger partial charge in [-0.25, -0.2) is 4.98 Å². The molecule has 1 aromatic heterocycles. The average Bonchev–Trinajstić information content (AvgIpc) is 2.38. The Morgan fingerprint density at radius 1 is 1.53 bits per heavy atom. The van der Waals surface area contributed by atoms with Gasteiger partial charge in [0.1, 0.15) is 0 Å². The van der Waals surface area contributed by atoms with Crippen molar-refractivity contribution in [3.05, 3.63) is 23.9 Å². The first-order valence-electron chi connectivity index (χ1n) is 7.06. The van der Waals surface area contributed by atoms with E-state index in [1.54, 1.807) is 7.11 Å². The van der Waals surface area contributed by atoms with Crippen LogP contribution in [0.3, 0.4) is 0 Å². The molecule has 4 heteroatoms. The molecule has 0 saturated carbocycles. The molecule has 1 aliphatic rings. The Labute approximate surface area is 116 Å². The summed E-state index contributed by atoms with van der Waals surface area (Å²) in [7, 11) is 1.66. The lowest BCUT2D eigenvalue weighted by Gasteiger charge is -2.41. The van der Waals surface area contributed by atoms with Crippen molar-refractivity contribution in [1.82, 2.24) is 15.2 Å². The van der Waals surface area contributed by atoms with E-state index < -0.39 is 0 Å². The molecule has 1 aromatic rings. The number of nitrogens with zero attached hydrogens (tertiary/aromatic N) is 2. The fourth-order valence-corrected chi connectivity index (χ4v) is 2.74. The third-order valence-electron chi connectivity index (χ3n) is 3.82. The number of nitrogens with one attached hydrogen (secondary N) is 1. The van der Waals surface area contributed by atoms with E-state index in [4.69, 9.17) is 4.74 Å². The van der Waals surface area contributed by atoms with E-state index in [0.717, 1.165) is 19.6 Å². The van der Waals surface area contributed by atoms with Crippen LogP contribution in [0, 0.1) is 5.92 Å². The first-order chi connectivity index (χ1) is 9.10. The number of rotatable bonds is 4. The van der Waals surface area contributed by atoms with Gasteiger partial charge in [0.2, 0.25) is 5.88 Å². The summed E-state index contributed by atoms with van der Waals surface area (Å²) >= 11 is 0. The van der Waals surface area contributed by atoms with E-state index in [1.165, 1.54) is 5.56 Å². The molecule has 1 fully saturated rings. The van der Waals surface area contributed by atoms with Crippen LogP contribution in [-0.2, 0) is 6.54 Å². The summed E-state index contributed by atoms with van der Waals surface area (Å²) in [4.78, 5) is 6.74. The molecule has 19 heavy (non-hydrogen) atoms. The molecular weight excluding hydrogens is 238 g/mol. The molecular formula is C15H25N3O. The highest BCUT2D eigenvalue weighted by molar-refractivity contribution is 5.20. The predicted octanol–water partition coefficient (Wildman–Crippen LogP) is 1.91. The third kappa shape index (κ3) is 3.67. The highest BCUT2D eigenvalue weighted by Crippen LogP contribution is 2.19. The second-order valence-corrected chi connectivity index (χ2v) is 5.76. The van der Waals surface area contributed by atoms with Gasteiger partial charge >= 0.3 is 0 Å². The van der Waals surface area contributed by atoms with Gasteiger partial charge in [-0.15, -0.1) is 0 Å². The summed E-state index contributed by atoms with van der Waals surface area (Å²) < 4.78 is 5.20. The first kappa shape index (κ1) is 14.3. The number of piperazine rings is 1. The monoisotopic (exact) mass is 263 g/mol. The van der Waals surface area contributed by atoms with Crippen molar-refractivity contribution >= 4 is 0 Å². The Kier molecular flexibility index (Phi) is 4.77. The van der Waals surface area contributed by atoms with E-state index in [2.05, 4.69) is 42.0 Å². The molecule has 2 heterocycles. The first-order valence-corrected chi connectivity index (χ1v) is 7.06. The van der Waals surface area contributed by atoms with E-state index in [9.17, 15) is 0 Å². The normalized spacial score (nSPS) is 24.7. The highest BCUT2D eigenvalue weighted by atomic mass is 16.5. The molecule has 0 aliphatic carbocycles. The summed E-state index contributed by atoms with van der Waals surface area (Å²) in [5.41, 5.74) is 1.27. The molecule has 2 unspecified atom stereocenters. The van der Waals surface area contributed by atoms with Gasteiger partial charge in [-0.3, -0.25) is 4.90 Å². The van der Waals surface area contributed by atoms with E-state index in [-0.39, 0.29) is 0 Å². The smallest absolute Gasteiger partial charge is 0.213 e. The Balaban J connectivity index is 2.09. The number of aromatic nitrogens is 1. The Morgan fingerprint density at radius 3 is 3.00 bits per heavy atom. The largest absolute Gasteiger partial charge is 0.481 e. The summed E-state index contributed by atoms with van der Waals surface area (Å²) in [5, 5.41) is 3.57. The highest BCUT2D eigenvalue weighted by Gasteiger charge is 2.27. The lowest BCUT2D eigenvalue weighted by atomic mass is 9.98. The van der Waals surface area contributed by atoms with E-state index >= 15 is 0 Å². The van der Waals surface area contributed by atoms with Gasteiger partial charge in [0.25, 0.3) is 0 Å². The van der Waals surface area contributed by atoms with Crippen LogP contribution in [0.5, 0.6) is 5.88 Å². The molecule has 4 nitrogen and oxygen atoms in total. The number of hydrogen-bond acceptors (Lipinski definition) is 4. The zero-order valence-electron chi connectivity index (χ0n) is 12.4. The Bertz CT molecular complexity index is 408. The maximum atomic E-state index is 5.20. The molecule has 0 aromatic carbocycles. The van der Waals surface area contributed by atoms with Crippen molar-refractivity contribution in [1.29, 1.82) is 0 Å². The SMILES string of the molecule is COc1cc(CN2CC(C)NCC2C(C)C)ccn1. The Hall–Kier alpha value is -1.13. The van der Waals surface area contributed by atoms with Gasteiger partial charge in [0.15, 0.2) is 0 Å². The molecule has 0 radical (unpaired) electrons. The van der Waals surface area contributed by atoms with E-state index in [1.807, 2.05) is 12.3 Å². The van der Waals surface area contributed by atoms with Crippen LogP contribution < -0.4 is 10.1 Å². The Morgan fingerprint density at radius 2 is 2.32 bits per heavy atom. The van der Waals surface area contributed by atoms with Gasteiger partial charge in [-0.2, -0.15) is 0 Å². The average molecular weight is 263 g/mol. The fraction of sp³-hybridized carbons (Fsp3) is 0.667. The van der Waals surface area contributed by atoms with Crippen LogP contribution in [0.1, 0.15) is 26.3 Å². The number of methoxy groups -OCH3 is 1. The fourth-order valence-electron chi connectivity index (χ4n) is 2.74. The summed E-state index contributed by atoms with van der Waals surface area (Å²) in [6.07, 6.45) is 1.82. The van der Waals surface area contributed by atoms with Crippen molar-refractivity contribution in [2.75, 3.05) is 20.2 Å². The predicted molar refractivity (Wildman–Crippen MR) is 77.3 cm³/mol. The minimum Gasteiger partial charge on any atom is -0.481 e. The molecule has 1 saturated heterocycles. The molecule has 1 N–H and O–H groups in total. The van der Waals surface area contributed by atoms with Gasteiger partial charge in [0.05, 0.1) is 7.11 Å². The third-order valence-corrected chi connectivity index (χ3v) is 3.82. The zero-order valence-corrected chi connectivity index (χ0v) is 12.4. The van der Waals surface area contributed by atoms with Crippen molar-refractivity contribution < 1.29 is 4.74 Å². The number of hydrogen-bond donors (Lipinski definition) is 1. The second-order valence-electron chi connectivity index (χ2n) is 5.76. The number of pyridine rings is 1. The summed E-state index contributed by atoms with van der Waals surface area (Å²) in [6.45, 7) is 9.96. The van der Waals surface area contributed by atoms with Crippen LogP contribution in [0.25, 0.3) is 0 Å². The molecule has 0 spiro atoms. The maximum absolute atomic E-state index is 5.20. The molecule has 1 aliphatic heterocycles. The molecule has 0 amide bonds. The van der Waals surface area contributed by atoms with E-state index in [0.29, 0.717) is 23.9 Å². The minimum atomic E-state index is 0.554. The van der Waals surface area contributed by atoms with Crippen LogP contribution in [0.4, 0.5) is 0 Å². The molecule has 0 bridgehead atoms. The molecule has 2 rings (SSSR count). The molecule has 106 valence electrons. The van der Waals surface area contributed by atoms with Crippen molar-refractivity contribution in [2.24, 2.45) is 5.92 Å². The van der Waals surface area contributed by atoms with Gasteiger partial charge < -0.3 is 10.1 Å². The number of ether oxygens (including phenoxy) is 1. The lowest BCUT2D eigenvalue weighted by Crippen LogP contribution is -2.56.